The highest BCUT2D eigenvalue weighted by Crippen LogP contribution is 2.19. The van der Waals surface area contributed by atoms with E-state index in [1.807, 2.05) is 18.2 Å². The topological polar surface area (TPSA) is 87.9 Å². The third kappa shape index (κ3) is 3.97. The lowest BCUT2D eigenvalue weighted by Crippen LogP contribution is -2.56. The Hall–Kier alpha value is -2.28. The number of nitrogens with zero attached hydrogens (tertiary/aromatic N) is 2. The monoisotopic (exact) mass is 332 g/mol. The molecule has 2 atom stereocenters. The Morgan fingerprint density at radius 2 is 1.96 bits per heavy atom. The number of hydrogen-bond donors (Lipinski definition) is 2. The molecule has 0 saturated carbocycles. The van der Waals surface area contributed by atoms with Gasteiger partial charge in [-0.25, -0.2) is 4.79 Å². The molecule has 130 valence electrons. The maximum Gasteiger partial charge on any atom is 0.317 e. The highest BCUT2D eigenvalue weighted by atomic mass is 16.5. The molecule has 0 spiro atoms. The number of ether oxygens (including phenoxy) is 1. The number of primary amides is 1. The molecule has 2 aliphatic rings. The van der Waals surface area contributed by atoms with Crippen LogP contribution in [0.3, 0.4) is 0 Å². The summed E-state index contributed by atoms with van der Waals surface area (Å²) >= 11 is 0. The third-order valence-electron chi connectivity index (χ3n) is 4.54. The first kappa shape index (κ1) is 16.6. The third-order valence-corrected chi connectivity index (χ3v) is 4.54. The predicted octanol–water partition coefficient (Wildman–Crippen LogP) is 0.551. The van der Waals surface area contributed by atoms with Crippen molar-refractivity contribution in [1.29, 1.82) is 0 Å². The maximum atomic E-state index is 12.5. The zero-order valence-corrected chi connectivity index (χ0v) is 13.7. The Morgan fingerprint density at radius 1 is 1.17 bits per heavy atom. The van der Waals surface area contributed by atoms with Gasteiger partial charge < -0.3 is 25.6 Å². The molecule has 0 bridgehead atoms. The predicted molar refractivity (Wildman–Crippen MR) is 90.7 cm³/mol. The van der Waals surface area contributed by atoms with Gasteiger partial charge in [0.05, 0.1) is 13.2 Å². The number of para-hydroxylation sites is 1. The van der Waals surface area contributed by atoms with E-state index in [1.165, 1.54) is 5.69 Å². The van der Waals surface area contributed by atoms with Gasteiger partial charge >= 0.3 is 6.03 Å². The van der Waals surface area contributed by atoms with Gasteiger partial charge in [-0.05, 0) is 25.0 Å². The van der Waals surface area contributed by atoms with Crippen molar-refractivity contribution in [3.05, 3.63) is 30.3 Å². The van der Waals surface area contributed by atoms with Gasteiger partial charge in [0.1, 0.15) is 0 Å². The molecule has 2 heterocycles. The molecule has 7 nitrogen and oxygen atoms in total. The summed E-state index contributed by atoms with van der Waals surface area (Å²) in [5.74, 6) is -0.527. The van der Waals surface area contributed by atoms with Crippen LogP contribution in [0.4, 0.5) is 10.5 Å². The zero-order chi connectivity index (χ0) is 16.9. The number of nitrogens with two attached hydrogens (primary N) is 1. The molecule has 0 aromatic heterocycles. The van der Waals surface area contributed by atoms with E-state index in [1.54, 1.807) is 4.90 Å². The first-order valence-corrected chi connectivity index (χ1v) is 8.40. The van der Waals surface area contributed by atoms with Crippen LogP contribution in [0.25, 0.3) is 0 Å². The summed E-state index contributed by atoms with van der Waals surface area (Å²) < 4.78 is 5.28. The summed E-state index contributed by atoms with van der Waals surface area (Å²) in [5.41, 5.74) is 6.44. The Balaban J connectivity index is 1.55. The van der Waals surface area contributed by atoms with Crippen molar-refractivity contribution in [3.63, 3.8) is 0 Å². The van der Waals surface area contributed by atoms with Crippen LogP contribution in [0.15, 0.2) is 30.3 Å². The number of anilines is 1. The minimum Gasteiger partial charge on any atom is -0.369 e. The van der Waals surface area contributed by atoms with E-state index >= 15 is 0 Å². The summed E-state index contributed by atoms with van der Waals surface area (Å²) in [4.78, 5) is 27.6. The van der Waals surface area contributed by atoms with Crippen molar-refractivity contribution in [1.82, 2.24) is 10.2 Å². The molecule has 3 N–H and O–H groups in total. The molecule has 1 aromatic carbocycles. The fourth-order valence-corrected chi connectivity index (χ4v) is 3.24. The minimum atomic E-state index is -0.711. The number of benzene rings is 1. The Bertz CT molecular complexity index is 580. The van der Waals surface area contributed by atoms with Gasteiger partial charge in [0, 0.05) is 31.4 Å². The number of morpholine rings is 1. The molecule has 2 aliphatic heterocycles. The highest BCUT2D eigenvalue weighted by molar-refractivity contribution is 5.81. The van der Waals surface area contributed by atoms with Gasteiger partial charge in [0.25, 0.3) is 0 Å². The van der Waals surface area contributed by atoms with Crippen LogP contribution in [0.2, 0.25) is 0 Å². The van der Waals surface area contributed by atoms with Gasteiger partial charge in [-0.2, -0.15) is 0 Å². The molecule has 1 aromatic rings. The van der Waals surface area contributed by atoms with Crippen molar-refractivity contribution in [3.8, 4) is 0 Å². The molecule has 24 heavy (non-hydrogen) atoms. The summed E-state index contributed by atoms with van der Waals surface area (Å²) in [6, 6.07) is 10.2. The lowest BCUT2D eigenvalue weighted by atomic mass is 10.0. The highest BCUT2D eigenvalue weighted by Gasteiger charge is 2.29. The summed E-state index contributed by atoms with van der Waals surface area (Å²) in [7, 11) is 0. The Kier molecular flexibility index (Phi) is 5.20. The van der Waals surface area contributed by atoms with Crippen LogP contribution in [-0.4, -0.2) is 61.8 Å². The van der Waals surface area contributed by atoms with Gasteiger partial charge in [-0.3, -0.25) is 4.79 Å². The molecule has 0 radical (unpaired) electrons. The number of rotatable bonds is 3. The smallest absolute Gasteiger partial charge is 0.317 e. The maximum absolute atomic E-state index is 12.5. The number of piperidine rings is 1. The minimum absolute atomic E-state index is 0.0985. The van der Waals surface area contributed by atoms with Crippen LogP contribution in [0, 0.1) is 0 Å². The lowest BCUT2D eigenvalue weighted by molar-refractivity contribution is -0.133. The number of nitrogens with one attached hydrogen (secondary N) is 1. The van der Waals surface area contributed by atoms with Crippen LogP contribution in [0.5, 0.6) is 0 Å². The van der Waals surface area contributed by atoms with E-state index in [2.05, 4.69) is 22.3 Å². The van der Waals surface area contributed by atoms with Gasteiger partial charge in [0.15, 0.2) is 6.10 Å². The summed E-state index contributed by atoms with van der Waals surface area (Å²) in [6.07, 6.45) is 1.28. The average molecular weight is 332 g/mol. The van der Waals surface area contributed by atoms with Crippen LogP contribution >= 0.6 is 0 Å². The van der Waals surface area contributed by atoms with Crippen molar-refractivity contribution in [2.75, 3.05) is 37.7 Å². The van der Waals surface area contributed by atoms with E-state index in [-0.39, 0.29) is 18.6 Å². The average Bonchev–Trinajstić information content (AvgIpc) is 2.63. The van der Waals surface area contributed by atoms with Crippen molar-refractivity contribution in [2.45, 2.75) is 25.0 Å². The Morgan fingerprint density at radius 3 is 2.71 bits per heavy atom. The van der Waals surface area contributed by atoms with Crippen molar-refractivity contribution < 1.29 is 14.3 Å². The molecular weight excluding hydrogens is 308 g/mol. The number of urea groups is 1. The van der Waals surface area contributed by atoms with E-state index in [0.717, 1.165) is 25.9 Å². The quantitative estimate of drug-likeness (QED) is 0.846. The van der Waals surface area contributed by atoms with Crippen LogP contribution in [0.1, 0.15) is 12.8 Å². The number of carbonyl (C=O) groups excluding carboxylic acids is 2. The lowest BCUT2D eigenvalue weighted by Gasteiger charge is -2.37. The summed E-state index contributed by atoms with van der Waals surface area (Å²) in [6.45, 7) is 2.82. The summed E-state index contributed by atoms with van der Waals surface area (Å²) in [5, 5.41) is 3.09. The van der Waals surface area contributed by atoms with E-state index < -0.39 is 12.0 Å². The number of carbonyl (C=O) groups is 2. The van der Waals surface area contributed by atoms with Crippen molar-refractivity contribution in [2.24, 2.45) is 5.73 Å². The fraction of sp³-hybridized carbons (Fsp3) is 0.529. The largest absolute Gasteiger partial charge is 0.369 e. The fourth-order valence-electron chi connectivity index (χ4n) is 3.24. The normalized spacial score (nSPS) is 24.5. The van der Waals surface area contributed by atoms with E-state index in [4.69, 9.17) is 10.5 Å². The van der Waals surface area contributed by atoms with Gasteiger partial charge in [0.2, 0.25) is 5.91 Å². The molecule has 0 aliphatic carbocycles. The second-order valence-electron chi connectivity index (χ2n) is 6.28. The Labute approximate surface area is 141 Å². The van der Waals surface area contributed by atoms with Gasteiger partial charge in [-0.15, -0.1) is 0 Å². The SMILES string of the molecule is NC(=O)[C@H]1CN(C(=O)N[C@H]2CCCN(c3ccccc3)C2)CCO1. The van der Waals surface area contributed by atoms with E-state index in [0.29, 0.717) is 13.2 Å². The van der Waals surface area contributed by atoms with Crippen LogP contribution < -0.4 is 16.0 Å². The number of hydrogen-bond acceptors (Lipinski definition) is 4. The molecule has 3 rings (SSSR count). The van der Waals surface area contributed by atoms with Gasteiger partial charge in [-0.1, -0.05) is 18.2 Å². The van der Waals surface area contributed by atoms with Crippen molar-refractivity contribution >= 4 is 17.6 Å². The first-order valence-electron chi connectivity index (χ1n) is 8.40. The molecular formula is C17H24N4O3. The first-order chi connectivity index (χ1) is 11.6. The van der Waals surface area contributed by atoms with Crippen LogP contribution in [-0.2, 0) is 9.53 Å². The van der Waals surface area contributed by atoms with E-state index in [9.17, 15) is 9.59 Å². The molecule has 0 unspecified atom stereocenters. The molecule has 2 fully saturated rings. The standard InChI is InChI=1S/C17H24N4O3/c18-16(22)15-12-21(9-10-24-15)17(23)19-13-5-4-8-20(11-13)14-6-2-1-3-7-14/h1-3,6-7,13,15H,4-5,8-12H2,(H2,18,22)(H,19,23)/t13-,15+/m0/s1. The molecule has 3 amide bonds. The second-order valence-corrected chi connectivity index (χ2v) is 6.28. The zero-order valence-electron chi connectivity index (χ0n) is 13.7. The second kappa shape index (κ2) is 7.53. The molecule has 2 saturated heterocycles. The number of amides is 3. The molecule has 7 heteroatoms.